The van der Waals surface area contributed by atoms with Gasteiger partial charge >= 0.3 is 0 Å². The fraction of sp³-hybridized carbons (Fsp3) is 0.333. The lowest BCUT2D eigenvalue weighted by atomic mass is 9.92. The maximum absolute atomic E-state index is 11.9. The zero-order valence-corrected chi connectivity index (χ0v) is 9.04. The number of rotatable bonds is 0. The molecule has 1 aromatic carbocycles. The molecule has 82 valence electrons. The summed E-state index contributed by atoms with van der Waals surface area (Å²) in [7, 11) is 1.54. The Morgan fingerprint density at radius 3 is 2.88 bits per heavy atom. The second-order valence-corrected chi connectivity index (χ2v) is 4.23. The molecule has 0 aromatic heterocycles. The first-order valence-corrected chi connectivity index (χ1v) is 5.38. The molecule has 0 saturated carbocycles. The Kier molecular flexibility index (Phi) is 1.80. The van der Waals surface area contributed by atoms with Gasteiger partial charge in [0.1, 0.15) is 0 Å². The van der Waals surface area contributed by atoms with Crippen LogP contribution in [0.15, 0.2) is 12.1 Å². The summed E-state index contributed by atoms with van der Waals surface area (Å²) < 4.78 is 0. The summed E-state index contributed by atoms with van der Waals surface area (Å²) in [6.45, 7) is 0.893. The summed E-state index contributed by atoms with van der Waals surface area (Å²) in [4.78, 5) is 24.8. The van der Waals surface area contributed by atoms with E-state index in [9.17, 15) is 9.59 Å². The Labute approximate surface area is 93.2 Å². The third-order valence-electron chi connectivity index (χ3n) is 3.36. The molecule has 2 heterocycles. The Morgan fingerprint density at radius 1 is 1.25 bits per heavy atom. The van der Waals surface area contributed by atoms with E-state index in [2.05, 4.69) is 5.32 Å². The van der Waals surface area contributed by atoms with Crippen molar-refractivity contribution < 1.29 is 9.59 Å². The van der Waals surface area contributed by atoms with Gasteiger partial charge in [-0.15, -0.1) is 0 Å². The molecule has 4 heteroatoms. The zero-order valence-electron chi connectivity index (χ0n) is 9.04. The second kappa shape index (κ2) is 3.07. The summed E-state index contributed by atoms with van der Waals surface area (Å²) in [5, 5.41) is 3.25. The van der Waals surface area contributed by atoms with Gasteiger partial charge in [-0.2, -0.15) is 0 Å². The molecule has 0 radical (unpaired) electrons. The van der Waals surface area contributed by atoms with Crippen LogP contribution in [0, 0.1) is 0 Å². The summed E-state index contributed by atoms with van der Waals surface area (Å²) in [6.07, 6.45) is 1.26. The molecule has 2 aliphatic heterocycles. The van der Waals surface area contributed by atoms with E-state index in [-0.39, 0.29) is 11.8 Å². The number of benzene rings is 1. The van der Waals surface area contributed by atoms with Crippen LogP contribution in [0.25, 0.3) is 0 Å². The molecule has 2 aliphatic rings. The van der Waals surface area contributed by atoms with Crippen LogP contribution >= 0.6 is 0 Å². The third kappa shape index (κ3) is 1.10. The number of carbonyl (C=O) groups is 2. The molecule has 0 atom stereocenters. The van der Waals surface area contributed by atoms with Gasteiger partial charge in [0.25, 0.3) is 5.91 Å². The number of imide groups is 1. The van der Waals surface area contributed by atoms with Gasteiger partial charge < -0.3 is 5.32 Å². The van der Waals surface area contributed by atoms with E-state index in [4.69, 9.17) is 0 Å². The number of fused-ring (bicyclic) bond motifs is 3. The van der Waals surface area contributed by atoms with Crippen molar-refractivity contribution in [1.82, 2.24) is 4.90 Å². The smallest absolute Gasteiger partial charge is 0.260 e. The van der Waals surface area contributed by atoms with Crippen molar-refractivity contribution >= 4 is 17.5 Å². The zero-order chi connectivity index (χ0) is 11.3. The van der Waals surface area contributed by atoms with Gasteiger partial charge in [-0.3, -0.25) is 14.5 Å². The van der Waals surface area contributed by atoms with Crippen molar-refractivity contribution in [3.8, 4) is 0 Å². The monoisotopic (exact) mass is 216 g/mol. The summed E-state index contributed by atoms with van der Waals surface area (Å²) in [6, 6.07) is 3.75. The Balaban J connectivity index is 2.21. The molecule has 0 spiro atoms. The highest BCUT2D eigenvalue weighted by atomic mass is 16.2. The minimum Gasteiger partial charge on any atom is -0.384 e. The van der Waals surface area contributed by atoms with Gasteiger partial charge in [-0.1, -0.05) is 0 Å². The number of hydrogen-bond acceptors (Lipinski definition) is 3. The molecule has 2 amide bonds. The maximum atomic E-state index is 11.9. The maximum Gasteiger partial charge on any atom is 0.260 e. The van der Waals surface area contributed by atoms with Crippen LogP contribution in [0.2, 0.25) is 0 Å². The van der Waals surface area contributed by atoms with Crippen molar-refractivity contribution in [3.05, 3.63) is 28.8 Å². The van der Waals surface area contributed by atoms with Gasteiger partial charge in [0.2, 0.25) is 5.91 Å². The van der Waals surface area contributed by atoms with E-state index in [0.29, 0.717) is 12.0 Å². The van der Waals surface area contributed by atoms with Gasteiger partial charge in [0.15, 0.2) is 0 Å². The molecule has 0 fully saturated rings. The molecular weight excluding hydrogens is 204 g/mol. The predicted molar refractivity (Wildman–Crippen MR) is 59.4 cm³/mol. The van der Waals surface area contributed by atoms with E-state index >= 15 is 0 Å². The van der Waals surface area contributed by atoms with E-state index in [1.165, 1.54) is 4.90 Å². The molecule has 0 bridgehead atoms. The van der Waals surface area contributed by atoms with E-state index in [0.717, 1.165) is 29.8 Å². The van der Waals surface area contributed by atoms with Crippen LogP contribution in [0.4, 0.5) is 5.69 Å². The molecule has 0 saturated heterocycles. The van der Waals surface area contributed by atoms with Crippen LogP contribution in [-0.2, 0) is 17.6 Å². The Morgan fingerprint density at radius 2 is 2.06 bits per heavy atom. The van der Waals surface area contributed by atoms with Crippen LogP contribution in [0.5, 0.6) is 0 Å². The lowest BCUT2D eigenvalue weighted by Crippen LogP contribution is -2.39. The number of nitrogens with one attached hydrogen (secondary N) is 1. The third-order valence-corrected chi connectivity index (χ3v) is 3.36. The normalized spacial score (nSPS) is 18.2. The topological polar surface area (TPSA) is 49.4 Å². The standard InChI is InChI=1S/C12H12N2O2/c1-14-11(15)6-9-7-4-5-13-10(7)3-2-8(9)12(14)16/h2-3,13H,4-6H2,1H3. The number of carbonyl (C=O) groups excluding carboxylic acids is 2. The van der Waals surface area contributed by atoms with Crippen molar-refractivity contribution in [2.45, 2.75) is 12.8 Å². The van der Waals surface area contributed by atoms with E-state index < -0.39 is 0 Å². The minimum atomic E-state index is -0.180. The minimum absolute atomic E-state index is 0.113. The van der Waals surface area contributed by atoms with Crippen molar-refractivity contribution in [2.24, 2.45) is 0 Å². The first-order chi connectivity index (χ1) is 7.68. The fourth-order valence-corrected chi connectivity index (χ4v) is 2.43. The van der Waals surface area contributed by atoms with Gasteiger partial charge in [0, 0.05) is 24.8 Å². The molecule has 1 aromatic rings. The first-order valence-electron chi connectivity index (χ1n) is 5.38. The van der Waals surface area contributed by atoms with Crippen molar-refractivity contribution in [3.63, 3.8) is 0 Å². The van der Waals surface area contributed by atoms with Gasteiger partial charge in [-0.25, -0.2) is 0 Å². The first kappa shape index (κ1) is 9.39. The second-order valence-electron chi connectivity index (χ2n) is 4.23. The van der Waals surface area contributed by atoms with Crippen LogP contribution in [0.3, 0.4) is 0 Å². The van der Waals surface area contributed by atoms with Crippen LogP contribution < -0.4 is 5.32 Å². The van der Waals surface area contributed by atoms with Gasteiger partial charge in [0.05, 0.1) is 6.42 Å². The largest absolute Gasteiger partial charge is 0.384 e. The average molecular weight is 216 g/mol. The Hall–Kier alpha value is -1.84. The average Bonchev–Trinajstić information content (AvgIpc) is 2.74. The SMILES string of the molecule is CN1C(=O)Cc2c(ccc3c2CCN3)C1=O. The molecule has 4 nitrogen and oxygen atoms in total. The fourth-order valence-electron chi connectivity index (χ4n) is 2.43. The molecule has 0 aliphatic carbocycles. The molecule has 3 rings (SSSR count). The molecule has 16 heavy (non-hydrogen) atoms. The van der Waals surface area contributed by atoms with Gasteiger partial charge in [-0.05, 0) is 29.7 Å². The van der Waals surface area contributed by atoms with Crippen molar-refractivity contribution in [1.29, 1.82) is 0 Å². The highest BCUT2D eigenvalue weighted by Crippen LogP contribution is 2.31. The van der Waals surface area contributed by atoms with Crippen LogP contribution in [-0.4, -0.2) is 30.3 Å². The number of nitrogens with zero attached hydrogens (tertiary/aromatic N) is 1. The number of likely N-dealkylation sites (N-methyl/N-ethyl adjacent to an activating group) is 1. The molecular formula is C12H12N2O2. The number of amides is 2. The predicted octanol–water partition coefficient (Wildman–Crippen LogP) is 0.809. The highest BCUT2D eigenvalue weighted by molar-refractivity contribution is 6.10. The number of hydrogen-bond donors (Lipinski definition) is 1. The lowest BCUT2D eigenvalue weighted by Gasteiger charge is -2.24. The summed E-state index contributed by atoms with van der Waals surface area (Å²) in [5.41, 5.74) is 3.83. The van der Waals surface area contributed by atoms with Crippen molar-refractivity contribution in [2.75, 3.05) is 18.9 Å². The molecule has 1 N–H and O–H groups in total. The quantitative estimate of drug-likeness (QED) is 0.653. The number of anilines is 1. The summed E-state index contributed by atoms with van der Waals surface area (Å²) >= 11 is 0. The summed E-state index contributed by atoms with van der Waals surface area (Å²) in [5.74, 6) is -0.293. The Bertz CT molecular complexity index is 508. The lowest BCUT2D eigenvalue weighted by molar-refractivity contribution is -0.127. The highest BCUT2D eigenvalue weighted by Gasteiger charge is 2.31. The van der Waals surface area contributed by atoms with Crippen LogP contribution in [0.1, 0.15) is 21.5 Å². The van der Waals surface area contributed by atoms with E-state index in [1.807, 2.05) is 12.1 Å². The van der Waals surface area contributed by atoms with E-state index in [1.54, 1.807) is 7.05 Å². The molecule has 0 unspecified atom stereocenters.